The van der Waals surface area contributed by atoms with E-state index in [0.717, 1.165) is 19.1 Å². The molecule has 2 aliphatic rings. The summed E-state index contributed by atoms with van der Waals surface area (Å²) in [7, 11) is 0. The van der Waals surface area contributed by atoms with Gasteiger partial charge in [0.05, 0.1) is 11.6 Å². The molecule has 2 aliphatic heterocycles. The van der Waals surface area contributed by atoms with E-state index >= 15 is 0 Å². The van der Waals surface area contributed by atoms with Crippen molar-refractivity contribution >= 4 is 23.1 Å². The molecular formula is C16H25N5O4S. The van der Waals surface area contributed by atoms with E-state index in [0.29, 0.717) is 37.9 Å². The zero-order valence-corrected chi connectivity index (χ0v) is 15.8. The summed E-state index contributed by atoms with van der Waals surface area (Å²) in [6, 6.07) is 0.0732. The van der Waals surface area contributed by atoms with Crippen LogP contribution < -0.4 is 10.9 Å². The smallest absolute Gasteiger partial charge is 0.261 e. The number of H-pyrrole nitrogens is 1. The number of likely N-dealkylation sites (tertiary alicyclic amines) is 1. The summed E-state index contributed by atoms with van der Waals surface area (Å²) >= 11 is -1.28. The predicted molar refractivity (Wildman–Crippen MR) is 99.1 cm³/mol. The first-order valence-corrected chi connectivity index (χ1v) is 10.2. The molecule has 3 heterocycles. The van der Waals surface area contributed by atoms with Crippen molar-refractivity contribution in [2.24, 2.45) is 0 Å². The first-order valence-electron chi connectivity index (χ1n) is 8.71. The van der Waals surface area contributed by atoms with Crippen LogP contribution in [0.15, 0.2) is 4.79 Å². The van der Waals surface area contributed by atoms with Gasteiger partial charge in [0.25, 0.3) is 5.56 Å². The Kier molecular flexibility index (Phi) is 6.17. The molecule has 3 N–H and O–H groups in total. The molecule has 144 valence electrons. The minimum Gasteiger partial charge on any atom is -0.381 e. The van der Waals surface area contributed by atoms with Crippen LogP contribution in [0.2, 0.25) is 0 Å². The molecular weight excluding hydrogens is 358 g/mol. The first kappa shape index (κ1) is 19.2. The zero-order chi connectivity index (χ0) is 18.7. The van der Waals surface area contributed by atoms with E-state index in [2.05, 4.69) is 20.2 Å². The molecule has 26 heavy (non-hydrogen) atoms. The molecule has 0 amide bonds. The van der Waals surface area contributed by atoms with Crippen molar-refractivity contribution in [2.45, 2.75) is 38.0 Å². The molecule has 0 aromatic carbocycles. The Morgan fingerprint density at radius 1 is 1.46 bits per heavy atom. The molecule has 0 bridgehead atoms. The Bertz CT molecular complexity index is 728. The lowest BCUT2D eigenvalue weighted by Crippen LogP contribution is -2.53. The zero-order valence-electron chi connectivity index (χ0n) is 15.0. The van der Waals surface area contributed by atoms with Gasteiger partial charge in [0, 0.05) is 44.8 Å². The summed E-state index contributed by atoms with van der Waals surface area (Å²) in [5.41, 5.74) is -0.0898. The molecule has 0 saturated carbocycles. The number of hydrogen-bond acceptors (Lipinski definition) is 8. The van der Waals surface area contributed by atoms with Crippen molar-refractivity contribution in [1.82, 2.24) is 14.9 Å². The maximum atomic E-state index is 12.4. The molecule has 0 aliphatic carbocycles. The van der Waals surface area contributed by atoms with Crippen molar-refractivity contribution in [3.8, 4) is 0 Å². The van der Waals surface area contributed by atoms with E-state index in [1.165, 1.54) is 6.26 Å². The molecule has 9 nitrogen and oxygen atoms in total. The maximum absolute atomic E-state index is 12.4. The number of rotatable bonds is 7. The highest BCUT2D eigenvalue weighted by Crippen LogP contribution is 2.25. The number of anilines is 1. The Labute approximate surface area is 154 Å². The SMILES string of the molecule is C[C@H](c1nc(NC2CCOCC2)c(C=N)c(=O)[nH]1)N1CC(OS(C)=O)C1. The van der Waals surface area contributed by atoms with Crippen molar-refractivity contribution < 1.29 is 13.1 Å². The van der Waals surface area contributed by atoms with Crippen molar-refractivity contribution in [2.75, 3.05) is 37.9 Å². The van der Waals surface area contributed by atoms with Gasteiger partial charge in [-0.3, -0.25) is 13.9 Å². The van der Waals surface area contributed by atoms with Crippen LogP contribution in [0.1, 0.15) is 37.2 Å². The third-order valence-corrected chi connectivity index (χ3v) is 5.31. The van der Waals surface area contributed by atoms with Crippen LogP contribution in [0.5, 0.6) is 0 Å². The fourth-order valence-corrected chi connectivity index (χ4v) is 3.69. The average molecular weight is 383 g/mol. The lowest BCUT2D eigenvalue weighted by atomic mass is 10.1. The summed E-state index contributed by atoms with van der Waals surface area (Å²) in [5.74, 6) is 0.992. The van der Waals surface area contributed by atoms with E-state index < -0.39 is 11.1 Å². The molecule has 2 fully saturated rings. The molecule has 1 aromatic heterocycles. The monoisotopic (exact) mass is 383 g/mol. The third kappa shape index (κ3) is 4.37. The Balaban J connectivity index is 1.74. The van der Waals surface area contributed by atoms with Crippen LogP contribution >= 0.6 is 0 Å². The van der Waals surface area contributed by atoms with Crippen LogP contribution in [0.25, 0.3) is 0 Å². The quantitative estimate of drug-likeness (QED) is 0.583. The van der Waals surface area contributed by atoms with E-state index in [1.807, 2.05) is 6.92 Å². The lowest BCUT2D eigenvalue weighted by Gasteiger charge is -2.41. The van der Waals surface area contributed by atoms with Gasteiger partial charge in [0.1, 0.15) is 17.7 Å². The summed E-state index contributed by atoms with van der Waals surface area (Å²) in [5, 5.41) is 10.8. The molecule has 1 aromatic rings. The van der Waals surface area contributed by atoms with Crippen LogP contribution in [0, 0.1) is 5.41 Å². The average Bonchev–Trinajstić information content (AvgIpc) is 2.57. The van der Waals surface area contributed by atoms with Crippen molar-refractivity contribution in [3.63, 3.8) is 0 Å². The molecule has 0 spiro atoms. The summed E-state index contributed by atoms with van der Waals surface area (Å²) in [4.78, 5) is 21.8. The maximum Gasteiger partial charge on any atom is 0.261 e. The molecule has 0 radical (unpaired) electrons. The molecule has 2 saturated heterocycles. The second-order valence-corrected chi connectivity index (χ2v) is 7.63. The van der Waals surface area contributed by atoms with Gasteiger partial charge in [-0.2, -0.15) is 0 Å². The van der Waals surface area contributed by atoms with Crippen molar-refractivity contribution in [3.05, 3.63) is 21.7 Å². The summed E-state index contributed by atoms with van der Waals surface area (Å²) in [6.07, 6.45) is 4.17. The lowest BCUT2D eigenvalue weighted by molar-refractivity contribution is 0.000271. The van der Waals surface area contributed by atoms with E-state index in [-0.39, 0.29) is 29.3 Å². The third-order valence-electron chi connectivity index (χ3n) is 4.77. The minimum atomic E-state index is -1.28. The van der Waals surface area contributed by atoms with Gasteiger partial charge >= 0.3 is 0 Å². The largest absolute Gasteiger partial charge is 0.381 e. The second kappa shape index (κ2) is 8.38. The van der Waals surface area contributed by atoms with E-state index in [4.69, 9.17) is 14.3 Å². The normalized spacial score (nSPS) is 21.8. The van der Waals surface area contributed by atoms with E-state index in [9.17, 15) is 9.00 Å². The highest BCUT2D eigenvalue weighted by Gasteiger charge is 2.34. The van der Waals surface area contributed by atoms with Crippen LogP contribution in [0.4, 0.5) is 5.82 Å². The van der Waals surface area contributed by atoms with Gasteiger partial charge in [-0.25, -0.2) is 9.19 Å². The highest BCUT2D eigenvalue weighted by atomic mass is 32.2. The Morgan fingerprint density at radius 3 is 2.77 bits per heavy atom. The topological polar surface area (TPSA) is 120 Å². The Morgan fingerprint density at radius 2 is 2.15 bits per heavy atom. The highest BCUT2D eigenvalue weighted by molar-refractivity contribution is 7.79. The molecule has 1 unspecified atom stereocenters. The van der Waals surface area contributed by atoms with Crippen LogP contribution in [0.3, 0.4) is 0 Å². The van der Waals surface area contributed by atoms with Gasteiger partial charge in [-0.05, 0) is 19.8 Å². The number of ether oxygens (including phenoxy) is 1. The number of aromatic nitrogens is 2. The number of aromatic amines is 1. The Hall–Kier alpha value is -1.62. The second-order valence-electron chi connectivity index (χ2n) is 6.64. The van der Waals surface area contributed by atoms with Gasteiger partial charge in [0.15, 0.2) is 11.1 Å². The molecule has 3 rings (SSSR count). The minimum absolute atomic E-state index is 0.0595. The van der Waals surface area contributed by atoms with Gasteiger partial charge in [0.2, 0.25) is 0 Å². The fraction of sp³-hybridized carbons (Fsp3) is 0.688. The molecule has 2 atom stereocenters. The standard InChI is InChI=1S/C16H25N5O4S/c1-10(21-8-12(9-21)25-26(2)23)14-19-15(13(7-17)16(22)20-14)18-11-3-5-24-6-4-11/h7,10-12,17H,3-6,8-9H2,1-2H3,(H2,18,19,20,22)/t10-,26?/m1/s1. The predicted octanol–water partition coefficient (Wildman–Crippen LogP) is 0.414. The van der Waals surface area contributed by atoms with Crippen LogP contribution in [-0.2, 0) is 20.0 Å². The summed E-state index contributed by atoms with van der Waals surface area (Å²) < 4.78 is 21.7. The fourth-order valence-electron chi connectivity index (χ4n) is 3.19. The van der Waals surface area contributed by atoms with Gasteiger partial charge in [-0.15, -0.1) is 0 Å². The van der Waals surface area contributed by atoms with E-state index in [1.54, 1.807) is 0 Å². The molecule has 10 heteroatoms. The van der Waals surface area contributed by atoms with Gasteiger partial charge < -0.3 is 20.4 Å². The number of nitrogens with zero attached hydrogens (tertiary/aromatic N) is 2. The van der Waals surface area contributed by atoms with Crippen LogP contribution in [-0.4, -0.2) is 70.0 Å². The van der Waals surface area contributed by atoms with Crippen molar-refractivity contribution in [1.29, 1.82) is 5.41 Å². The first-order chi connectivity index (χ1) is 12.5. The number of nitrogens with one attached hydrogen (secondary N) is 3. The summed E-state index contributed by atoms with van der Waals surface area (Å²) in [6.45, 7) is 4.59. The van der Waals surface area contributed by atoms with Gasteiger partial charge in [-0.1, -0.05) is 0 Å². The number of hydrogen-bond donors (Lipinski definition) is 3.